The molecule has 0 atom stereocenters. The number of unbranched alkanes of at least 4 members (excludes halogenated alkanes) is 1. The van der Waals surface area contributed by atoms with Crippen molar-refractivity contribution < 1.29 is 103 Å². The van der Waals surface area contributed by atoms with Crippen LogP contribution in [0.4, 0.5) is 0 Å². The van der Waals surface area contributed by atoms with Gasteiger partial charge in [0.2, 0.25) is 0 Å². The Morgan fingerprint density at radius 1 is 0.651 bits per heavy atom. The van der Waals surface area contributed by atoms with Crippen LogP contribution in [0.2, 0.25) is 6.04 Å². The molecule has 0 saturated carbocycles. The van der Waals surface area contributed by atoms with Gasteiger partial charge < -0.3 is 81.4 Å². The molecule has 20 heteroatoms. The number of aliphatic carboxylic acids is 5. The van der Waals surface area contributed by atoms with Gasteiger partial charge in [-0.25, -0.2) is 0 Å². The number of carboxylic acids is 5. The zero-order valence-electron chi connectivity index (χ0n) is 26.3. The predicted octanol–water partition coefficient (Wildman–Crippen LogP) is -4.73. The number of carbonyl (C=O) groups excluding carboxylic acids is 3. The average molecular weight is 794 g/mol. The van der Waals surface area contributed by atoms with Gasteiger partial charge in [0.15, 0.2) is 0 Å². The first-order valence-corrected chi connectivity index (χ1v) is 14.4. The van der Waals surface area contributed by atoms with Crippen LogP contribution in [0, 0.1) is 39.9 Å². The zero-order valence-corrected chi connectivity index (χ0v) is 29.6. The van der Waals surface area contributed by atoms with E-state index in [1.165, 1.54) is 0 Å². The Balaban J connectivity index is -0.0000000613. The molecule has 0 aromatic carbocycles. The minimum atomic E-state index is -2.44. The molecule has 0 fully saturated rings. The molecule has 0 aliphatic rings. The van der Waals surface area contributed by atoms with Gasteiger partial charge >= 0.3 is 48.7 Å². The quantitative estimate of drug-likeness (QED) is 0.0641. The second-order valence-corrected chi connectivity index (χ2v) is 10.1. The van der Waals surface area contributed by atoms with Crippen molar-refractivity contribution in [3.8, 4) is 0 Å². The third-order valence-electron chi connectivity index (χ3n) is 2.87. The van der Waals surface area contributed by atoms with Crippen LogP contribution in [-0.2, 0) is 37.3 Å². The minimum absolute atomic E-state index is 0. The van der Waals surface area contributed by atoms with Crippen molar-refractivity contribution in [3.05, 3.63) is 0 Å². The van der Waals surface area contributed by atoms with E-state index in [4.69, 9.17) is 85.7 Å². The molecule has 0 aliphatic carbocycles. The zero-order chi connectivity index (χ0) is 35.0. The smallest absolute Gasteiger partial charge is 0.550 e. The van der Waals surface area contributed by atoms with E-state index in [0.717, 1.165) is 73.0 Å². The van der Waals surface area contributed by atoms with E-state index in [9.17, 15) is 0 Å². The Morgan fingerprint density at radius 3 is 1.14 bits per heavy atom. The number of nitrogens with one attached hydrogen (secondary N) is 1. The molecule has 0 bridgehead atoms. The average Bonchev–Trinajstić information content (AvgIpc) is 2.83. The second-order valence-electron chi connectivity index (χ2n) is 7.17. The van der Waals surface area contributed by atoms with Gasteiger partial charge in [-0.1, -0.05) is 0 Å². The maximum Gasteiger partial charge on any atom is 3.00 e. The number of carbonyl (C=O) groups is 5. The monoisotopic (exact) mass is 794 g/mol. The van der Waals surface area contributed by atoms with E-state index in [-0.39, 0.29) is 39.9 Å². The molecule has 0 aromatic rings. The standard InChI is InChI=1S/C9H24N2O3Si.C4H13N3.5C2H4O2.Gd/c1-12-15(13-2,9-5-7-11)14-8-4-3-6-10;5-1-3-7-4-2-6;5*1-2(3)4;/h3-11H2,1-2H3;7H,1-6H2;5*1H3,(H,3,4);/q;;;;;;;+3/p-3. The number of carboxylic acid groups (broad SMARTS) is 5. The minimum Gasteiger partial charge on any atom is -0.550 e. The van der Waals surface area contributed by atoms with Gasteiger partial charge in [-0.2, -0.15) is 0 Å². The van der Waals surface area contributed by atoms with Gasteiger partial charge in [0.25, 0.3) is 11.9 Å². The number of hydrogen-bond acceptors (Lipinski definition) is 16. The molecule has 18 nitrogen and oxygen atoms in total. The first kappa shape index (κ1) is 60.7. The van der Waals surface area contributed by atoms with Crippen LogP contribution in [-0.4, -0.2) is 109 Å². The fraction of sp³-hybridized carbons (Fsp3) is 0.783. The fourth-order valence-corrected chi connectivity index (χ4v) is 3.65. The van der Waals surface area contributed by atoms with Crippen molar-refractivity contribution in [2.75, 3.05) is 60.1 Å². The molecule has 1 radical (unpaired) electrons. The third-order valence-corrected chi connectivity index (χ3v) is 5.73. The Kier molecular flexibility index (Phi) is 75.1. The number of rotatable bonds is 14. The Morgan fingerprint density at radius 2 is 0.930 bits per heavy atom. The first-order chi connectivity index (χ1) is 19.3. The molecule has 0 heterocycles. The Labute approximate surface area is 288 Å². The molecule has 0 unspecified atom stereocenters. The molecule has 0 aromatic heterocycles. The summed E-state index contributed by atoms with van der Waals surface area (Å²) >= 11 is 0. The van der Waals surface area contributed by atoms with Gasteiger partial charge in [0.05, 0.1) is 0 Å². The SMILES string of the molecule is CC(=O)O.CC(=O)O.CC(=O)[O-].CC(=O)[O-].CC(=O)[O-].CO[Si](CCCN)(OC)OCCCCN.NCCNCCN.[Gd+3]. The number of nitrogens with two attached hydrogens (primary N) is 4. The van der Waals surface area contributed by atoms with Crippen LogP contribution < -0.4 is 43.6 Å². The largest absolute Gasteiger partial charge is 3.00 e. The Hall–Kier alpha value is -1.43. The molecule has 0 spiro atoms. The molecule has 11 N–H and O–H groups in total. The van der Waals surface area contributed by atoms with Crippen LogP contribution in [0.15, 0.2) is 0 Å². The van der Waals surface area contributed by atoms with Gasteiger partial charge in [-0.3, -0.25) is 9.59 Å². The Bertz CT molecular complexity index is 529. The maximum absolute atomic E-state index is 9.00. The summed E-state index contributed by atoms with van der Waals surface area (Å²) in [7, 11) is 0.833. The molecule has 0 amide bonds. The molecular formula is C23H54GdN5O13Si. The second kappa shape index (κ2) is 53.2. The summed E-state index contributed by atoms with van der Waals surface area (Å²) < 4.78 is 16.5. The van der Waals surface area contributed by atoms with E-state index < -0.39 is 38.7 Å². The first-order valence-electron chi connectivity index (χ1n) is 12.5. The maximum atomic E-state index is 9.00. The summed E-state index contributed by atoms with van der Waals surface area (Å²) in [5.41, 5.74) is 21.2. The molecule has 0 saturated heterocycles. The van der Waals surface area contributed by atoms with Gasteiger partial charge in [-0.05, 0) is 53.1 Å². The number of hydrogen-bond donors (Lipinski definition) is 7. The van der Waals surface area contributed by atoms with E-state index in [2.05, 4.69) is 5.32 Å². The molecule has 261 valence electrons. The van der Waals surface area contributed by atoms with Crippen molar-refractivity contribution in [2.24, 2.45) is 22.9 Å². The summed E-state index contributed by atoms with van der Waals surface area (Å²) in [6.07, 6.45) is 2.78. The summed E-state index contributed by atoms with van der Waals surface area (Å²) in [5, 5.41) is 44.5. The van der Waals surface area contributed by atoms with E-state index >= 15 is 0 Å². The van der Waals surface area contributed by atoms with E-state index in [0.29, 0.717) is 32.8 Å². The van der Waals surface area contributed by atoms with Crippen LogP contribution in [0.1, 0.15) is 53.9 Å². The van der Waals surface area contributed by atoms with Crippen molar-refractivity contribution in [1.82, 2.24) is 5.32 Å². The van der Waals surface area contributed by atoms with Gasteiger partial charge in [-0.15, -0.1) is 0 Å². The third kappa shape index (κ3) is 143. The van der Waals surface area contributed by atoms with Crippen molar-refractivity contribution >= 4 is 38.7 Å². The summed E-state index contributed by atoms with van der Waals surface area (Å²) in [6, 6.07) is 0.777. The van der Waals surface area contributed by atoms with Crippen LogP contribution in [0.25, 0.3) is 0 Å². The van der Waals surface area contributed by atoms with Gasteiger partial charge in [0.1, 0.15) is 0 Å². The normalized spacial score (nSPS) is 8.63. The molecular weight excluding hydrogens is 740 g/mol. The fourth-order valence-electron chi connectivity index (χ4n) is 1.60. The molecule has 43 heavy (non-hydrogen) atoms. The topological polar surface area (TPSA) is 339 Å². The van der Waals surface area contributed by atoms with Crippen molar-refractivity contribution in [1.29, 1.82) is 0 Å². The van der Waals surface area contributed by atoms with Crippen molar-refractivity contribution in [2.45, 2.75) is 59.9 Å². The summed E-state index contributed by atoms with van der Waals surface area (Å²) in [5.74, 6) is -4.92. The van der Waals surface area contributed by atoms with Gasteiger partial charge in [0, 0.05) is 84.8 Å². The predicted molar refractivity (Wildman–Crippen MR) is 152 cm³/mol. The molecule has 0 rings (SSSR count). The van der Waals surface area contributed by atoms with E-state index in [1.54, 1.807) is 14.2 Å². The van der Waals surface area contributed by atoms with Crippen LogP contribution in [0.3, 0.4) is 0 Å². The summed E-state index contributed by atoms with van der Waals surface area (Å²) in [6.45, 7) is 10.2. The van der Waals surface area contributed by atoms with E-state index in [1.807, 2.05) is 0 Å². The van der Waals surface area contributed by atoms with Crippen LogP contribution in [0.5, 0.6) is 0 Å². The molecule has 0 aliphatic heterocycles. The van der Waals surface area contributed by atoms with Crippen LogP contribution >= 0.6 is 0 Å². The summed E-state index contributed by atoms with van der Waals surface area (Å²) in [4.78, 5) is 44.7. The van der Waals surface area contributed by atoms with Crippen molar-refractivity contribution in [3.63, 3.8) is 0 Å².